The molecule has 0 bridgehead atoms. The van der Waals surface area contributed by atoms with Gasteiger partial charge >= 0.3 is 0 Å². The zero-order valence-electron chi connectivity index (χ0n) is 13.8. The van der Waals surface area contributed by atoms with Gasteiger partial charge in [0.1, 0.15) is 0 Å². The Morgan fingerprint density at radius 2 is 2.00 bits per heavy atom. The maximum absolute atomic E-state index is 4.53. The van der Waals surface area contributed by atoms with Crippen LogP contribution < -0.4 is 5.32 Å². The minimum absolute atomic E-state index is 0. The number of hydrogen-bond acceptors (Lipinski definition) is 3. The molecule has 5 heteroatoms. The molecule has 1 aliphatic rings. The number of rotatable bonds is 5. The Bertz CT molecular complexity index is 601. The summed E-state index contributed by atoms with van der Waals surface area (Å²) in [6.07, 6.45) is 5.61. The lowest BCUT2D eigenvalue weighted by Gasteiger charge is -2.31. The van der Waals surface area contributed by atoms with Crippen molar-refractivity contribution in [3.63, 3.8) is 0 Å². The summed E-state index contributed by atoms with van der Waals surface area (Å²) >= 11 is 3.59. The van der Waals surface area contributed by atoms with E-state index in [9.17, 15) is 0 Å². The Kier molecular flexibility index (Phi) is 8.19. The topological polar surface area (TPSA) is 28.2 Å². The first-order chi connectivity index (χ1) is 11.3. The maximum atomic E-state index is 4.53. The van der Waals surface area contributed by atoms with Crippen LogP contribution in [0.3, 0.4) is 0 Å². The SMILES string of the molecule is Brc1cccc(CN(Cc2ccccn2)C2CCCNCC2)c1.Cl. The lowest BCUT2D eigenvalue weighted by molar-refractivity contribution is 0.162. The Balaban J connectivity index is 0.00000208. The van der Waals surface area contributed by atoms with Gasteiger partial charge in [0.2, 0.25) is 0 Å². The van der Waals surface area contributed by atoms with Gasteiger partial charge in [-0.05, 0) is 62.2 Å². The second-order valence-corrected chi connectivity index (χ2v) is 7.11. The van der Waals surface area contributed by atoms with Crippen molar-refractivity contribution in [2.24, 2.45) is 0 Å². The van der Waals surface area contributed by atoms with Gasteiger partial charge in [-0.2, -0.15) is 0 Å². The molecule has 0 aliphatic carbocycles. The molecule has 1 aromatic heterocycles. The monoisotopic (exact) mass is 409 g/mol. The fourth-order valence-corrected chi connectivity index (χ4v) is 3.70. The zero-order chi connectivity index (χ0) is 15.9. The summed E-state index contributed by atoms with van der Waals surface area (Å²) in [7, 11) is 0. The molecule has 1 unspecified atom stereocenters. The Labute approximate surface area is 159 Å². The van der Waals surface area contributed by atoms with Crippen molar-refractivity contribution in [1.29, 1.82) is 0 Å². The molecular weight excluding hydrogens is 386 g/mol. The first-order valence-corrected chi connectivity index (χ1v) is 9.20. The smallest absolute Gasteiger partial charge is 0.0544 e. The summed E-state index contributed by atoms with van der Waals surface area (Å²) in [5, 5.41) is 3.52. The molecular formula is C19H25BrClN3. The molecule has 0 amide bonds. The molecule has 1 aromatic carbocycles. The second-order valence-electron chi connectivity index (χ2n) is 6.19. The molecule has 1 atom stereocenters. The van der Waals surface area contributed by atoms with E-state index in [4.69, 9.17) is 0 Å². The minimum atomic E-state index is 0. The third kappa shape index (κ3) is 5.85. The van der Waals surface area contributed by atoms with E-state index in [1.807, 2.05) is 12.3 Å². The van der Waals surface area contributed by atoms with Crippen LogP contribution in [0.5, 0.6) is 0 Å². The summed E-state index contributed by atoms with van der Waals surface area (Å²) < 4.78 is 1.15. The molecule has 3 nitrogen and oxygen atoms in total. The number of pyridine rings is 1. The van der Waals surface area contributed by atoms with Gasteiger partial charge in [-0.3, -0.25) is 9.88 Å². The van der Waals surface area contributed by atoms with Gasteiger partial charge in [-0.25, -0.2) is 0 Å². The molecule has 24 heavy (non-hydrogen) atoms. The molecule has 2 heterocycles. The highest BCUT2D eigenvalue weighted by molar-refractivity contribution is 9.10. The molecule has 0 spiro atoms. The summed E-state index contributed by atoms with van der Waals surface area (Å²) in [6, 6.07) is 15.4. The first kappa shape index (κ1) is 19.4. The third-order valence-corrected chi connectivity index (χ3v) is 4.92. The molecule has 1 saturated heterocycles. The van der Waals surface area contributed by atoms with Crippen molar-refractivity contribution in [3.05, 3.63) is 64.4 Å². The molecule has 1 N–H and O–H groups in total. The summed E-state index contributed by atoms with van der Waals surface area (Å²) in [5.74, 6) is 0. The van der Waals surface area contributed by atoms with Crippen molar-refractivity contribution in [2.75, 3.05) is 13.1 Å². The van der Waals surface area contributed by atoms with Gasteiger partial charge < -0.3 is 5.32 Å². The molecule has 0 saturated carbocycles. The van der Waals surface area contributed by atoms with E-state index < -0.39 is 0 Å². The molecule has 1 aliphatic heterocycles. The number of nitrogens with zero attached hydrogens (tertiary/aromatic N) is 2. The van der Waals surface area contributed by atoms with Gasteiger partial charge in [0, 0.05) is 29.8 Å². The van der Waals surface area contributed by atoms with Crippen LogP contribution in [0.1, 0.15) is 30.5 Å². The normalized spacial score (nSPS) is 18.0. The Morgan fingerprint density at radius 3 is 2.79 bits per heavy atom. The van der Waals surface area contributed by atoms with Crippen molar-refractivity contribution < 1.29 is 0 Å². The van der Waals surface area contributed by atoms with Crippen LogP contribution in [0.2, 0.25) is 0 Å². The van der Waals surface area contributed by atoms with E-state index in [-0.39, 0.29) is 12.4 Å². The van der Waals surface area contributed by atoms with Gasteiger partial charge in [0.25, 0.3) is 0 Å². The fourth-order valence-electron chi connectivity index (χ4n) is 3.25. The van der Waals surface area contributed by atoms with Crippen molar-refractivity contribution in [2.45, 2.75) is 38.4 Å². The molecule has 3 rings (SSSR count). The lowest BCUT2D eigenvalue weighted by Crippen LogP contribution is -2.35. The number of hydrogen-bond donors (Lipinski definition) is 1. The average molecular weight is 411 g/mol. The van der Waals surface area contributed by atoms with Crippen molar-refractivity contribution in [3.8, 4) is 0 Å². The number of halogens is 2. The zero-order valence-corrected chi connectivity index (χ0v) is 16.2. The van der Waals surface area contributed by atoms with E-state index >= 15 is 0 Å². The quantitative estimate of drug-likeness (QED) is 0.791. The van der Waals surface area contributed by atoms with Gasteiger partial charge in [0.05, 0.1) is 5.69 Å². The van der Waals surface area contributed by atoms with Crippen LogP contribution in [-0.4, -0.2) is 29.0 Å². The highest BCUT2D eigenvalue weighted by Crippen LogP contribution is 2.21. The van der Waals surface area contributed by atoms with Crippen LogP contribution in [0.4, 0.5) is 0 Å². The van der Waals surface area contributed by atoms with Crippen LogP contribution in [0, 0.1) is 0 Å². The van der Waals surface area contributed by atoms with Crippen LogP contribution in [-0.2, 0) is 13.1 Å². The summed E-state index contributed by atoms with van der Waals surface area (Å²) in [4.78, 5) is 7.12. The van der Waals surface area contributed by atoms with E-state index in [2.05, 4.69) is 67.5 Å². The van der Waals surface area contributed by atoms with Crippen LogP contribution in [0.25, 0.3) is 0 Å². The second kappa shape index (κ2) is 10.1. The number of nitrogens with one attached hydrogen (secondary N) is 1. The fraction of sp³-hybridized carbons (Fsp3) is 0.421. The van der Waals surface area contributed by atoms with Crippen molar-refractivity contribution in [1.82, 2.24) is 15.2 Å². The van der Waals surface area contributed by atoms with Gasteiger partial charge in [-0.1, -0.05) is 34.1 Å². The standard InChI is InChI=1S/C19H24BrN3.ClH/c20-17-6-3-5-16(13-17)14-23(15-18-7-1-2-11-22-18)19-8-4-10-21-12-9-19;/h1-3,5-7,11,13,19,21H,4,8-10,12,14-15H2;1H. The van der Waals surface area contributed by atoms with Crippen molar-refractivity contribution >= 4 is 28.3 Å². The van der Waals surface area contributed by atoms with Crippen LogP contribution in [0.15, 0.2) is 53.1 Å². The Hall–Kier alpha value is -0.940. The number of aromatic nitrogens is 1. The molecule has 130 valence electrons. The van der Waals surface area contributed by atoms with E-state index in [1.54, 1.807) is 0 Å². The molecule has 0 radical (unpaired) electrons. The van der Waals surface area contributed by atoms with Crippen LogP contribution >= 0.6 is 28.3 Å². The highest BCUT2D eigenvalue weighted by Gasteiger charge is 2.21. The molecule has 2 aromatic rings. The lowest BCUT2D eigenvalue weighted by atomic mass is 10.1. The molecule has 1 fully saturated rings. The highest BCUT2D eigenvalue weighted by atomic mass is 79.9. The predicted molar refractivity (Wildman–Crippen MR) is 105 cm³/mol. The van der Waals surface area contributed by atoms with E-state index in [0.29, 0.717) is 6.04 Å². The van der Waals surface area contributed by atoms with E-state index in [0.717, 1.165) is 36.3 Å². The van der Waals surface area contributed by atoms with E-state index in [1.165, 1.54) is 24.8 Å². The predicted octanol–water partition coefficient (Wildman–Crippen LogP) is 4.41. The average Bonchev–Trinajstić information content (AvgIpc) is 2.84. The summed E-state index contributed by atoms with van der Waals surface area (Å²) in [6.45, 7) is 4.14. The Morgan fingerprint density at radius 1 is 1.08 bits per heavy atom. The maximum Gasteiger partial charge on any atom is 0.0544 e. The van der Waals surface area contributed by atoms with Gasteiger partial charge in [-0.15, -0.1) is 12.4 Å². The van der Waals surface area contributed by atoms with Gasteiger partial charge in [0.15, 0.2) is 0 Å². The summed E-state index contributed by atoms with van der Waals surface area (Å²) in [5.41, 5.74) is 2.51. The number of benzene rings is 1. The third-order valence-electron chi connectivity index (χ3n) is 4.43. The first-order valence-electron chi connectivity index (χ1n) is 8.40. The largest absolute Gasteiger partial charge is 0.317 e. The minimum Gasteiger partial charge on any atom is -0.317 e.